The van der Waals surface area contributed by atoms with E-state index in [2.05, 4.69) is 290 Å². The van der Waals surface area contributed by atoms with Crippen molar-refractivity contribution in [1.82, 2.24) is 0 Å². The standard InChI is InChI=1S/C71H47NO/c1-4-19-50(20-5-1)61-42-43-67(69-64-31-13-15-33-68(64)73-70(61)69)72(59-39-36-49(37-40-59)52-22-16-23-53(44-52)55-35-34-48-18-10-11-21-51(48)45-55)60-29-17-24-54(46-60)56-38-41-63-62-30-12-14-32-65(62)71(66(63)47-56,57-25-6-2-7-26-57)58-27-8-3-9-28-58/h1-47H. The Balaban J connectivity index is 0.937. The Hall–Kier alpha value is -9.50. The lowest BCUT2D eigenvalue weighted by atomic mass is 9.67. The summed E-state index contributed by atoms with van der Waals surface area (Å²) in [4.78, 5) is 2.42. The lowest BCUT2D eigenvalue weighted by Gasteiger charge is -2.34. The van der Waals surface area contributed by atoms with E-state index in [0.29, 0.717) is 0 Å². The SMILES string of the molecule is c1ccc(-c2ccc(N(c3ccc(-c4cccc(-c5ccc6ccccc6c5)c4)cc3)c3cccc(-c4ccc5c(c4)C(c4ccccc4)(c4ccccc4)c4ccccc4-5)c3)c3c2oc2ccccc23)cc1. The average Bonchev–Trinajstić information content (AvgIpc) is 4.01. The van der Waals surface area contributed by atoms with E-state index in [1.54, 1.807) is 0 Å². The maximum atomic E-state index is 6.88. The molecule has 1 heterocycles. The predicted octanol–water partition coefficient (Wildman–Crippen LogP) is 19.2. The molecule has 0 bridgehead atoms. The Labute approximate surface area is 425 Å². The molecule has 1 aliphatic rings. The summed E-state index contributed by atoms with van der Waals surface area (Å²) >= 11 is 0. The number of furan rings is 1. The van der Waals surface area contributed by atoms with Crippen molar-refractivity contribution in [3.8, 4) is 55.6 Å². The Morgan fingerprint density at radius 1 is 0.301 bits per heavy atom. The van der Waals surface area contributed by atoms with Crippen LogP contribution in [0.15, 0.2) is 290 Å². The summed E-state index contributed by atoms with van der Waals surface area (Å²) in [7, 11) is 0. The minimum atomic E-state index is -0.501. The lowest BCUT2D eigenvalue weighted by molar-refractivity contribution is 0.670. The molecule has 0 saturated carbocycles. The van der Waals surface area contributed by atoms with Gasteiger partial charge in [-0.05, 0) is 144 Å². The van der Waals surface area contributed by atoms with Crippen molar-refractivity contribution in [2.45, 2.75) is 5.41 Å². The van der Waals surface area contributed by atoms with Crippen LogP contribution in [-0.4, -0.2) is 0 Å². The highest BCUT2D eigenvalue weighted by atomic mass is 16.3. The summed E-state index contributed by atoms with van der Waals surface area (Å²) in [5.74, 6) is 0. The van der Waals surface area contributed by atoms with Gasteiger partial charge in [0.1, 0.15) is 11.2 Å². The van der Waals surface area contributed by atoms with Gasteiger partial charge in [-0.15, -0.1) is 0 Å². The molecule has 1 aromatic heterocycles. The van der Waals surface area contributed by atoms with Crippen molar-refractivity contribution in [1.29, 1.82) is 0 Å². The third-order valence-electron chi connectivity index (χ3n) is 15.1. The number of para-hydroxylation sites is 1. The van der Waals surface area contributed by atoms with Gasteiger partial charge in [0.2, 0.25) is 0 Å². The van der Waals surface area contributed by atoms with Gasteiger partial charge < -0.3 is 9.32 Å². The van der Waals surface area contributed by atoms with Crippen molar-refractivity contribution in [3.05, 3.63) is 307 Å². The van der Waals surface area contributed by atoms with Crippen molar-refractivity contribution in [3.63, 3.8) is 0 Å². The number of nitrogens with zero attached hydrogens (tertiary/aromatic N) is 1. The molecule has 0 N–H and O–H groups in total. The third kappa shape index (κ3) is 7.02. The van der Waals surface area contributed by atoms with Crippen molar-refractivity contribution < 1.29 is 4.42 Å². The molecule has 2 nitrogen and oxygen atoms in total. The van der Waals surface area contributed by atoms with Crippen molar-refractivity contribution in [2.75, 3.05) is 4.90 Å². The smallest absolute Gasteiger partial charge is 0.145 e. The van der Waals surface area contributed by atoms with Crippen molar-refractivity contribution in [2.24, 2.45) is 0 Å². The molecule has 13 aromatic rings. The molecule has 0 spiro atoms. The average molecular weight is 930 g/mol. The van der Waals surface area contributed by atoms with Gasteiger partial charge in [-0.3, -0.25) is 0 Å². The molecule has 2 heteroatoms. The summed E-state index contributed by atoms with van der Waals surface area (Å²) in [6.45, 7) is 0. The number of rotatable bonds is 9. The van der Waals surface area contributed by atoms with Gasteiger partial charge in [0, 0.05) is 22.3 Å². The zero-order valence-electron chi connectivity index (χ0n) is 40.0. The van der Waals surface area contributed by atoms with Crippen molar-refractivity contribution >= 4 is 49.8 Å². The number of hydrogen-bond donors (Lipinski definition) is 0. The molecular weight excluding hydrogens is 883 g/mol. The molecule has 0 fully saturated rings. The van der Waals surface area contributed by atoms with E-state index >= 15 is 0 Å². The highest BCUT2D eigenvalue weighted by Gasteiger charge is 2.46. The molecule has 0 unspecified atom stereocenters. The first kappa shape index (κ1) is 42.4. The highest BCUT2D eigenvalue weighted by molar-refractivity contribution is 6.17. The fourth-order valence-corrected chi connectivity index (χ4v) is 11.8. The largest absolute Gasteiger partial charge is 0.455 e. The molecule has 0 aliphatic heterocycles. The Morgan fingerprint density at radius 3 is 1.63 bits per heavy atom. The minimum absolute atomic E-state index is 0.501. The summed E-state index contributed by atoms with van der Waals surface area (Å²) < 4.78 is 6.88. The molecular formula is C71H47NO. The Kier molecular flexibility index (Phi) is 10.1. The highest BCUT2D eigenvalue weighted by Crippen LogP contribution is 2.57. The molecule has 14 rings (SSSR count). The molecule has 342 valence electrons. The quantitative estimate of drug-likeness (QED) is 0.143. The Bertz CT molecular complexity index is 4150. The molecule has 0 radical (unpaired) electrons. The molecule has 1 aliphatic carbocycles. The number of benzene rings is 12. The van der Waals surface area contributed by atoms with Gasteiger partial charge in [-0.2, -0.15) is 0 Å². The maximum Gasteiger partial charge on any atom is 0.145 e. The number of fused-ring (bicyclic) bond motifs is 7. The van der Waals surface area contributed by atoms with Gasteiger partial charge in [-0.1, -0.05) is 224 Å². The zero-order chi connectivity index (χ0) is 48.3. The normalized spacial score (nSPS) is 12.5. The first-order chi connectivity index (χ1) is 36.2. The summed E-state index contributed by atoms with van der Waals surface area (Å²) in [6.07, 6.45) is 0. The van der Waals surface area contributed by atoms with Crippen LogP contribution in [0, 0.1) is 0 Å². The molecule has 0 amide bonds. The fraction of sp³-hybridized carbons (Fsp3) is 0.0141. The van der Waals surface area contributed by atoms with E-state index in [1.165, 1.54) is 60.8 Å². The number of anilines is 3. The molecule has 73 heavy (non-hydrogen) atoms. The summed E-state index contributed by atoms with van der Waals surface area (Å²) in [5.41, 5.74) is 21.2. The van der Waals surface area contributed by atoms with E-state index in [9.17, 15) is 0 Å². The predicted molar refractivity (Wildman–Crippen MR) is 305 cm³/mol. The van der Waals surface area contributed by atoms with Crippen LogP contribution in [0.3, 0.4) is 0 Å². The fourth-order valence-electron chi connectivity index (χ4n) is 11.8. The molecule has 0 atom stereocenters. The van der Waals surface area contributed by atoms with E-state index in [-0.39, 0.29) is 0 Å². The minimum Gasteiger partial charge on any atom is -0.455 e. The van der Waals surface area contributed by atoms with Crippen LogP contribution in [0.25, 0.3) is 88.3 Å². The van der Waals surface area contributed by atoms with Gasteiger partial charge in [0.05, 0.1) is 16.5 Å². The van der Waals surface area contributed by atoms with E-state index in [0.717, 1.165) is 66.8 Å². The van der Waals surface area contributed by atoms with Crippen LogP contribution < -0.4 is 4.90 Å². The second-order valence-corrected chi connectivity index (χ2v) is 19.2. The van der Waals surface area contributed by atoms with Gasteiger partial charge in [0.15, 0.2) is 0 Å². The second kappa shape index (κ2) is 17.4. The maximum absolute atomic E-state index is 6.88. The second-order valence-electron chi connectivity index (χ2n) is 19.2. The topological polar surface area (TPSA) is 16.4 Å². The van der Waals surface area contributed by atoms with E-state index < -0.39 is 5.41 Å². The van der Waals surface area contributed by atoms with Gasteiger partial charge in [0.25, 0.3) is 0 Å². The zero-order valence-corrected chi connectivity index (χ0v) is 40.0. The van der Waals surface area contributed by atoms with Crippen LogP contribution in [0.2, 0.25) is 0 Å². The summed E-state index contributed by atoms with van der Waals surface area (Å²) in [5, 5.41) is 4.63. The third-order valence-corrected chi connectivity index (χ3v) is 15.1. The Morgan fingerprint density at radius 2 is 0.849 bits per heavy atom. The van der Waals surface area contributed by atoms with Crippen LogP contribution in [0.1, 0.15) is 22.3 Å². The van der Waals surface area contributed by atoms with Crippen LogP contribution in [0.5, 0.6) is 0 Å². The van der Waals surface area contributed by atoms with Crippen LogP contribution >= 0.6 is 0 Å². The van der Waals surface area contributed by atoms with Gasteiger partial charge in [-0.25, -0.2) is 0 Å². The number of hydrogen-bond acceptors (Lipinski definition) is 2. The van der Waals surface area contributed by atoms with Crippen LogP contribution in [-0.2, 0) is 5.41 Å². The molecule has 12 aromatic carbocycles. The van der Waals surface area contributed by atoms with E-state index in [4.69, 9.17) is 4.42 Å². The van der Waals surface area contributed by atoms with Crippen LogP contribution in [0.4, 0.5) is 17.1 Å². The lowest BCUT2D eigenvalue weighted by Crippen LogP contribution is -2.28. The first-order valence-corrected chi connectivity index (χ1v) is 25.1. The van der Waals surface area contributed by atoms with Gasteiger partial charge >= 0.3 is 0 Å². The monoisotopic (exact) mass is 929 g/mol. The van der Waals surface area contributed by atoms with E-state index in [1.807, 2.05) is 0 Å². The summed E-state index contributed by atoms with van der Waals surface area (Å²) in [6, 6.07) is 104. The molecule has 0 saturated heterocycles. The first-order valence-electron chi connectivity index (χ1n) is 25.1.